The molecule has 1 rings (SSSR count). The van der Waals surface area contributed by atoms with Crippen LogP contribution in [0.15, 0.2) is 0 Å². The van der Waals surface area contributed by atoms with Crippen molar-refractivity contribution in [2.45, 2.75) is 25.6 Å². The third-order valence-electron chi connectivity index (χ3n) is 2.19. The van der Waals surface area contributed by atoms with Gasteiger partial charge in [0.1, 0.15) is 0 Å². The molecule has 0 atom stereocenters. The predicted octanol–water partition coefficient (Wildman–Crippen LogP) is 1.12. The molecule has 0 saturated heterocycles. The molecule has 18 heavy (non-hydrogen) atoms. The number of rotatable bonds is 6. The van der Waals surface area contributed by atoms with E-state index in [1.165, 1.54) is 7.11 Å². The monoisotopic (exact) mass is 267 g/mol. The van der Waals surface area contributed by atoms with E-state index in [9.17, 15) is 18.0 Å². The van der Waals surface area contributed by atoms with Gasteiger partial charge in [-0.2, -0.15) is 13.2 Å². The molecule has 0 unspecified atom stereocenters. The lowest BCUT2D eigenvalue weighted by Crippen LogP contribution is -2.16. The minimum atomic E-state index is -4.33. The van der Waals surface area contributed by atoms with Crippen LogP contribution in [-0.2, 0) is 17.7 Å². The SMILES string of the molecule is COCCc1c(C(=O)O)nnn1CCC(F)(F)F. The number of aromatic carboxylic acids is 1. The first kappa shape index (κ1) is 14.4. The lowest BCUT2D eigenvalue weighted by molar-refractivity contribution is -0.137. The number of aryl methyl sites for hydroxylation is 1. The van der Waals surface area contributed by atoms with Gasteiger partial charge >= 0.3 is 12.1 Å². The van der Waals surface area contributed by atoms with Crippen LogP contribution >= 0.6 is 0 Å². The highest BCUT2D eigenvalue weighted by Crippen LogP contribution is 2.21. The molecule has 0 aliphatic heterocycles. The number of alkyl halides is 3. The zero-order valence-corrected chi connectivity index (χ0v) is 9.57. The standard InChI is InChI=1S/C9H12F3N3O3/c1-18-5-2-6-7(8(16)17)13-14-15(6)4-3-9(10,11)12/h2-5H2,1H3,(H,16,17). The smallest absolute Gasteiger partial charge is 0.390 e. The first-order chi connectivity index (χ1) is 8.35. The summed E-state index contributed by atoms with van der Waals surface area (Å²) >= 11 is 0. The minimum absolute atomic E-state index is 0.133. The first-order valence-electron chi connectivity index (χ1n) is 5.06. The molecular formula is C9H12F3N3O3. The van der Waals surface area contributed by atoms with Crippen LogP contribution in [0.2, 0.25) is 0 Å². The largest absolute Gasteiger partial charge is 0.476 e. The Kier molecular flexibility index (Phi) is 4.65. The van der Waals surface area contributed by atoms with Crippen LogP contribution in [0.5, 0.6) is 0 Å². The van der Waals surface area contributed by atoms with Gasteiger partial charge in [0.2, 0.25) is 0 Å². The van der Waals surface area contributed by atoms with Gasteiger partial charge in [0, 0.05) is 13.5 Å². The maximum Gasteiger partial charge on any atom is 0.390 e. The molecule has 0 aliphatic carbocycles. The van der Waals surface area contributed by atoms with Crippen LogP contribution < -0.4 is 0 Å². The van der Waals surface area contributed by atoms with Crippen LogP contribution in [0.25, 0.3) is 0 Å². The Morgan fingerprint density at radius 1 is 1.50 bits per heavy atom. The molecule has 1 aromatic heterocycles. The molecule has 0 radical (unpaired) electrons. The highest BCUT2D eigenvalue weighted by atomic mass is 19.4. The van der Waals surface area contributed by atoms with Crippen LogP contribution in [0, 0.1) is 0 Å². The quantitative estimate of drug-likeness (QED) is 0.835. The third kappa shape index (κ3) is 3.99. The van der Waals surface area contributed by atoms with E-state index < -0.39 is 25.1 Å². The number of hydrogen-bond acceptors (Lipinski definition) is 4. The summed E-state index contributed by atoms with van der Waals surface area (Å²) in [5.74, 6) is -1.32. The number of carboxylic acids is 1. The van der Waals surface area contributed by atoms with E-state index in [0.717, 1.165) is 4.68 Å². The predicted molar refractivity (Wildman–Crippen MR) is 53.2 cm³/mol. The summed E-state index contributed by atoms with van der Waals surface area (Å²) in [6.45, 7) is -0.275. The number of halogens is 3. The number of nitrogens with zero attached hydrogens (tertiary/aromatic N) is 3. The Morgan fingerprint density at radius 3 is 2.67 bits per heavy atom. The first-order valence-corrected chi connectivity index (χ1v) is 5.06. The van der Waals surface area contributed by atoms with E-state index in [4.69, 9.17) is 9.84 Å². The van der Waals surface area contributed by atoms with E-state index in [1.807, 2.05) is 0 Å². The van der Waals surface area contributed by atoms with Gasteiger partial charge in [-0.3, -0.25) is 0 Å². The van der Waals surface area contributed by atoms with Crippen molar-refractivity contribution in [1.29, 1.82) is 0 Å². The summed E-state index contributed by atoms with van der Waals surface area (Å²) in [6.07, 6.45) is -5.27. The molecule has 0 fully saturated rings. The second kappa shape index (κ2) is 5.80. The van der Waals surface area contributed by atoms with Gasteiger partial charge in [0.05, 0.1) is 25.3 Å². The highest BCUT2D eigenvalue weighted by molar-refractivity contribution is 5.86. The lowest BCUT2D eigenvalue weighted by Gasteiger charge is -2.08. The van der Waals surface area contributed by atoms with Gasteiger partial charge in [0.25, 0.3) is 0 Å². The molecule has 0 amide bonds. The van der Waals surface area contributed by atoms with Crippen molar-refractivity contribution < 1.29 is 27.8 Å². The Morgan fingerprint density at radius 2 is 2.17 bits per heavy atom. The molecule has 0 aromatic carbocycles. The third-order valence-corrected chi connectivity index (χ3v) is 2.19. The molecule has 0 aliphatic rings. The number of ether oxygens (including phenoxy) is 1. The maximum absolute atomic E-state index is 12.1. The Hall–Kier alpha value is -1.64. The van der Waals surface area contributed by atoms with Crippen molar-refractivity contribution in [3.63, 3.8) is 0 Å². The van der Waals surface area contributed by atoms with E-state index in [1.54, 1.807) is 0 Å². The van der Waals surface area contributed by atoms with Gasteiger partial charge in [-0.05, 0) is 0 Å². The van der Waals surface area contributed by atoms with Crippen LogP contribution in [0.4, 0.5) is 13.2 Å². The second-order valence-electron chi connectivity index (χ2n) is 3.52. The highest BCUT2D eigenvalue weighted by Gasteiger charge is 2.28. The molecule has 0 spiro atoms. The van der Waals surface area contributed by atoms with Gasteiger partial charge in [-0.15, -0.1) is 5.10 Å². The summed E-state index contributed by atoms with van der Waals surface area (Å²) in [5.41, 5.74) is -0.206. The zero-order chi connectivity index (χ0) is 13.8. The minimum Gasteiger partial charge on any atom is -0.476 e. The zero-order valence-electron chi connectivity index (χ0n) is 9.57. The van der Waals surface area contributed by atoms with E-state index >= 15 is 0 Å². The fraction of sp³-hybridized carbons (Fsp3) is 0.667. The van der Waals surface area contributed by atoms with Crippen LogP contribution in [-0.4, -0.2) is 46.0 Å². The van der Waals surface area contributed by atoms with Gasteiger partial charge in [-0.25, -0.2) is 9.48 Å². The van der Waals surface area contributed by atoms with Gasteiger partial charge in [-0.1, -0.05) is 5.21 Å². The van der Waals surface area contributed by atoms with Crippen molar-refractivity contribution in [2.75, 3.05) is 13.7 Å². The molecule has 102 valence electrons. The topological polar surface area (TPSA) is 77.2 Å². The van der Waals surface area contributed by atoms with Gasteiger partial charge < -0.3 is 9.84 Å². The summed E-state index contributed by atoms with van der Waals surface area (Å²) in [5, 5.41) is 15.6. The molecule has 9 heteroatoms. The Labute approximate surface area is 100 Å². The fourth-order valence-corrected chi connectivity index (χ4v) is 1.36. The number of carbonyl (C=O) groups is 1. The van der Waals surface area contributed by atoms with Crippen LogP contribution in [0.1, 0.15) is 22.6 Å². The number of methoxy groups -OCH3 is 1. The van der Waals surface area contributed by atoms with E-state index in [0.29, 0.717) is 0 Å². The number of carboxylic acid groups (broad SMARTS) is 1. The van der Waals surface area contributed by atoms with Crippen molar-refractivity contribution in [3.8, 4) is 0 Å². The van der Waals surface area contributed by atoms with E-state index in [-0.39, 0.29) is 24.4 Å². The molecule has 1 heterocycles. The average Bonchev–Trinajstić information content (AvgIpc) is 2.65. The van der Waals surface area contributed by atoms with Crippen molar-refractivity contribution in [2.24, 2.45) is 0 Å². The average molecular weight is 267 g/mol. The van der Waals surface area contributed by atoms with Gasteiger partial charge in [0.15, 0.2) is 5.69 Å². The molecule has 1 N–H and O–H groups in total. The van der Waals surface area contributed by atoms with Crippen LogP contribution in [0.3, 0.4) is 0 Å². The van der Waals surface area contributed by atoms with Crippen molar-refractivity contribution in [3.05, 3.63) is 11.4 Å². The van der Waals surface area contributed by atoms with E-state index in [2.05, 4.69) is 10.3 Å². The summed E-state index contributed by atoms with van der Waals surface area (Å²) in [6, 6.07) is 0. The van der Waals surface area contributed by atoms with Crippen molar-refractivity contribution in [1.82, 2.24) is 15.0 Å². The summed E-state index contributed by atoms with van der Waals surface area (Å²) in [4.78, 5) is 10.8. The summed E-state index contributed by atoms with van der Waals surface area (Å²) in [7, 11) is 1.41. The number of hydrogen-bond donors (Lipinski definition) is 1. The molecule has 6 nitrogen and oxygen atoms in total. The van der Waals surface area contributed by atoms with Crippen molar-refractivity contribution >= 4 is 5.97 Å². The normalized spacial score (nSPS) is 11.8. The summed E-state index contributed by atoms with van der Waals surface area (Å²) < 4.78 is 42.0. The molecule has 0 saturated carbocycles. The second-order valence-corrected chi connectivity index (χ2v) is 3.52. The molecular weight excluding hydrogens is 255 g/mol. The molecule has 0 bridgehead atoms. The fourth-order valence-electron chi connectivity index (χ4n) is 1.36. The Bertz CT molecular complexity index is 417. The molecule has 1 aromatic rings. The maximum atomic E-state index is 12.1. The Balaban J connectivity index is 2.86. The number of aromatic nitrogens is 3. The lowest BCUT2D eigenvalue weighted by atomic mass is 10.2.